The van der Waals surface area contributed by atoms with E-state index in [9.17, 15) is 4.79 Å². The van der Waals surface area contributed by atoms with Gasteiger partial charge in [0.25, 0.3) is 5.91 Å². The van der Waals surface area contributed by atoms with Crippen LogP contribution in [0.1, 0.15) is 15.9 Å². The lowest BCUT2D eigenvalue weighted by Gasteiger charge is -2.34. The number of aromatic nitrogens is 1. The number of nitrogens with zero attached hydrogens (tertiary/aromatic N) is 3. The van der Waals surface area contributed by atoms with Gasteiger partial charge in [0.05, 0.1) is 0 Å². The molecule has 0 saturated carbocycles. The summed E-state index contributed by atoms with van der Waals surface area (Å²) in [7, 11) is 0. The summed E-state index contributed by atoms with van der Waals surface area (Å²) in [6, 6.07) is 11.2. The van der Waals surface area contributed by atoms with Gasteiger partial charge >= 0.3 is 0 Å². The van der Waals surface area contributed by atoms with Crippen LogP contribution in [0.4, 0.5) is 0 Å². The number of piperazine rings is 1. The molecule has 2 heterocycles. The maximum atomic E-state index is 12.5. The van der Waals surface area contributed by atoms with Gasteiger partial charge in [-0.25, -0.2) is 0 Å². The summed E-state index contributed by atoms with van der Waals surface area (Å²) >= 11 is 5.87. The molecule has 1 aromatic heterocycles. The topological polar surface area (TPSA) is 36.4 Å². The first-order valence-corrected chi connectivity index (χ1v) is 8.26. The molecule has 0 aliphatic carbocycles. The molecule has 1 aromatic carbocycles. The number of carbonyl (C=O) groups is 1. The van der Waals surface area contributed by atoms with Gasteiger partial charge in [0, 0.05) is 55.7 Å². The molecule has 1 saturated heterocycles. The van der Waals surface area contributed by atoms with E-state index >= 15 is 0 Å². The molecule has 0 atom stereocenters. The van der Waals surface area contributed by atoms with Crippen LogP contribution < -0.4 is 0 Å². The van der Waals surface area contributed by atoms with Crippen molar-refractivity contribution in [1.29, 1.82) is 0 Å². The Hall–Kier alpha value is -1.62. The predicted molar refractivity (Wildman–Crippen MR) is 99.0 cm³/mol. The van der Waals surface area contributed by atoms with Crippen LogP contribution in [0, 0.1) is 0 Å². The summed E-state index contributed by atoms with van der Waals surface area (Å²) in [5, 5.41) is 0.655. The minimum Gasteiger partial charge on any atom is -0.336 e. The highest BCUT2D eigenvalue weighted by Gasteiger charge is 2.21. The summed E-state index contributed by atoms with van der Waals surface area (Å²) in [6.07, 6.45) is 4.68. The van der Waals surface area contributed by atoms with Crippen LogP contribution in [0.15, 0.2) is 48.8 Å². The van der Waals surface area contributed by atoms with Gasteiger partial charge in [-0.05, 0) is 48.4 Å². The van der Waals surface area contributed by atoms with Crippen LogP contribution in [0.25, 0.3) is 0 Å². The zero-order valence-electron chi connectivity index (χ0n) is 13.4. The lowest BCUT2D eigenvalue weighted by molar-refractivity contribution is 0.0638. The van der Waals surface area contributed by atoms with Crippen molar-refractivity contribution in [2.75, 3.05) is 32.7 Å². The first-order chi connectivity index (χ1) is 11.2. The van der Waals surface area contributed by atoms with Crippen molar-refractivity contribution in [2.24, 2.45) is 0 Å². The average molecular weight is 366 g/mol. The van der Waals surface area contributed by atoms with E-state index in [1.165, 1.54) is 5.56 Å². The zero-order chi connectivity index (χ0) is 16.1. The zero-order valence-corrected chi connectivity index (χ0v) is 15.0. The van der Waals surface area contributed by atoms with Crippen LogP contribution in [-0.2, 0) is 6.42 Å². The molecule has 2 aromatic rings. The van der Waals surface area contributed by atoms with Gasteiger partial charge in [-0.1, -0.05) is 11.6 Å². The smallest absolute Gasteiger partial charge is 0.253 e. The number of hydrogen-bond acceptors (Lipinski definition) is 3. The largest absolute Gasteiger partial charge is 0.336 e. The Labute approximate surface area is 153 Å². The Morgan fingerprint density at radius 1 is 1.00 bits per heavy atom. The average Bonchev–Trinajstić information content (AvgIpc) is 2.61. The summed E-state index contributed by atoms with van der Waals surface area (Å²) in [6.45, 7) is 4.41. The van der Waals surface area contributed by atoms with Gasteiger partial charge in [-0.2, -0.15) is 0 Å². The Balaban J connectivity index is 0.00000208. The van der Waals surface area contributed by atoms with Crippen LogP contribution in [0.3, 0.4) is 0 Å². The number of rotatable bonds is 4. The molecule has 3 rings (SSSR count). The van der Waals surface area contributed by atoms with Crippen molar-refractivity contribution < 1.29 is 4.79 Å². The highest BCUT2D eigenvalue weighted by molar-refractivity contribution is 6.30. The summed E-state index contributed by atoms with van der Waals surface area (Å²) in [5.74, 6) is 0.0930. The minimum atomic E-state index is 0. The van der Waals surface area contributed by atoms with Crippen molar-refractivity contribution in [2.45, 2.75) is 6.42 Å². The summed E-state index contributed by atoms with van der Waals surface area (Å²) in [5.41, 5.74) is 2.01. The molecular weight excluding hydrogens is 345 g/mol. The molecule has 1 amide bonds. The lowest BCUT2D eigenvalue weighted by Crippen LogP contribution is -2.49. The van der Waals surface area contributed by atoms with Crippen LogP contribution in [0.2, 0.25) is 5.02 Å². The molecule has 0 unspecified atom stereocenters. The lowest BCUT2D eigenvalue weighted by atomic mass is 10.1. The highest BCUT2D eigenvalue weighted by atomic mass is 35.5. The van der Waals surface area contributed by atoms with Crippen LogP contribution >= 0.6 is 24.0 Å². The molecule has 6 heteroatoms. The molecule has 0 spiro atoms. The normalized spacial score (nSPS) is 15.0. The number of hydrogen-bond donors (Lipinski definition) is 0. The third-order valence-corrected chi connectivity index (χ3v) is 4.47. The number of benzene rings is 1. The summed E-state index contributed by atoms with van der Waals surface area (Å²) in [4.78, 5) is 20.8. The first kappa shape index (κ1) is 18.7. The molecule has 4 nitrogen and oxygen atoms in total. The van der Waals surface area contributed by atoms with Gasteiger partial charge in [0.1, 0.15) is 0 Å². The second-order valence-corrected chi connectivity index (χ2v) is 6.18. The van der Waals surface area contributed by atoms with Crippen molar-refractivity contribution in [3.63, 3.8) is 0 Å². The SMILES string of the molecule is Cl.O=C(c1ccc(Cl)cc1)N1CCN(CCc2ccncc2)CC1. The Morgan fingerprint density at radius 3 is 2.25 bits per heavy atom. The van der Waals surface area contributed by atoms with Crippen molar-refractivity contribution >= 4 is 29.9 Å². The molecule has 1 fully saturated rings. The van der Waals surface area contributed by atoms with E-state index in [1.807, 2.05) is 17.3 Å². The second kappa shape index (κ2) is 9.02. The van der Waals surface area contributed by atoms with Crippen LogP contribution in [0.5, 0.6) is 0 Å². The molecule has 0 radical (unpaired) electrons. The van der Waals surface area contributed by atoms with E-state index in [-0.39, 0.29) is 18.3 Å². The summed E-state index contributed by atoms with van der Waals surface area (Å²) < 4.78 is 0. The maximum absolute atomic E-state index is 12.5. The highest BCUT2D eigenvalue weighted by Crippen LogP contribution is 2.13. The monoisotopic (exact) mass is 365 g/mol. The Bertz CT molecular complexity index is 641. The van der Waals surface area contributed by atoms with Gasteiger partial charge < -0.3 is 4.90 Å². The number of carbonyl (C=O) groups excluding carboxylic acids is 1. The van der Waals surface area contributed by atoms with E-state index in [4.69, 9.17) is 11.6 Å². The fourth-order valence-electron chi connectivity index (χ4n) is 2.79. The fraction of sp³-hybridized carbons (Fsp3) is 0.333. The maximum Gasteiger partial charge on any atom is 0.253 e. The third kappa shape index (κ3) is 4.94. The molecule has 24 heavy (non-hydrogen) atoms. The second-order valence-electron chi connectivity index (χ2n) is 5.75. The standard InChI is InChI=1S/C18H20ClN3O.ClH/c19-17-3-1-16(2-4-17)18(23)22-13-11-21(12-14-22)10-7-15-5-8-20-9-6-15;/h1-6,8-9H,7,10-14H2;1H. The van der Waals surface area contributed by atoms with E-state index in [0.717, 1.165) is 39.1 Å². The fourth-order valence-corrected chi connectivity index (χ4v) is 2.91. The van der Waals surface area contributed by atoms with Gasteiger partial charge in [-0.3, -0.25) is 14.7 Å². The molecule has 0 N–H and O–H groups in total. The molecular formula is C18H21Cl2N3O. The Kier molecular flexibility index (Phi) is 7.03. The Morgan fingerprint density at radius 2 is 1.62 bits per heavy atom. The van der Waals surface area contributed by atoms with E-state index in [1.54, 1.807) is 24.3 Å². The molecule has 0 bridgehead atoms. The minimum absolute atomic E-state index is 0. The van der Waals surface area contributed by atoms with Crippen LogP contribution in [-0.4, -0.2) is 53.4 Å². The molecule has 1 aliphatic rings. The molecule has 128 valence electrons. The number of pyridine rings is 1. The predicted octanol–water partition coefficient (Wildman–Crippen LogP) is 3.16. The van der Waals surface area contributed by atoms with Gasteiger partial charge in [-0.15, -0.1) is 12.4 Å². The number of amides is 1. The van der Waals surface area contributed by atoms with E-state index in [0.29, 0.717) is 10.6 Å². The van der Waals surface area contributed by atoms with E-state index in [2.05, 4.69) is 22.0 Å². The van der Waals surface area contributed by atoms with Crippen molar-refractivity contribution in [1.82, 2.24) is 14.8 Å². The van der Waals surface area contributed by atoms with Gasteiger partial charge in [0.2, 0.25) is 0 Å². The first-order valence-electron chi connectivity index (χ1n) is 7.88. The number of halogens is 2. The van der Waals surface area contributed by atoms with Gasteiger partial charge in [0.15, 0.2) is 0 Å². The van der Waals surface area contributed by atoms with E-state index < -0.39 is 0 Å². The van der Waals surface area contributed by atoms with Crippen molar-refractivity contribution in [3.05, 3.63) is 64.9 Å². The van der Waals surface area contributed by atoms with Crippen molar-refractivity contribution in [3.8, 4) is 0 Å². The molecule has 1 aliphatic heterocycles. The quantitative estimate of drug-likeness (QED) is 0.834. The third-order valence-electron chi connectivity index (χ3n) is 4.22.